The number of aromatic nitrogens is 2. The maximum absolute atomic E-state index is 12.6. The molecule has 40 heavy (non-hydrogen) atoms. The van der Waals surface area contributed by atoms with E-state index in [0.717, 1.165) is 35.1 Å². The minimum atomic E-state index is -3.54. The molecule has 208 valence electrons. The quantitative estimate of drug-likeness (QED) is 0.282. The number of sulfonamides is 1. The van der Waals surface area contributed by atoms with Gasteiger partial charge in [0.05, 0.1) is 16.1 Å². The number of nitrogens with zero attached hydrogens (tertiary/aromatic N) is 4. The van der Waals surface area contributed by atoms with Gasteiger partial charge in [-0.15, -0.1) is 0 Å². The van der Waals surface area contributed by atoms with E-state index in [4.69, 9.17) is 4.98 Å². The molecule has 1 aliphatic heterocycles. The van der Waals surface area contributed by atoms with E-state index in [0.29, 0.717) is 17.7 Å². The van der Waals surface area contributed by atoms with Crippen LogP contribution in [-0.2, 0) is 22.9 Å². The van der Waals surface area contributed by atoms with Crippen molar-refractivity contribution in [3.63, 3.8) is 0 Å². The number of rotatable bonds is 7. The summed E-state index contributed by atoms with van der Waals surface area (Å²) in [6.07, 6.45) is 9.18. The number of benzene rings is 3. The molecule has 0 radical (unpaired) electrons. The maximum Gasteiger partial charge on any atom is 0.242 e. The summed E-state index contributed by atoms with van der Waals surface area (Å²) in [5.74, 6) is 0.522. The Balaban J connectivity index is 1.22. The van der Waals surface area contributed by atoms with Crippen LogP contribution >= 0.6 is 0 Å². The van der Waals surface area contributed by atoms with E-state index in [-0.39, 0.29) is 4.90 Å². The second kappa shape index (κ2) is 11.2. The zero-order valence-electron chi connectivity index (χ0n) is 23.1. The van der Waals surface area contributed by atoms with Crippen LogP contribution in [0.15, 0.2) is 71.8 Å². The Morgan fingerprint density at radius 3 is 2.42 bits per heavy atom. The van der Waals surface area contributed by atoms with Gasteiger partial charge in [-0.1, -0.05) is 24.3 Å². The molecule has 8 nitrogen and oxygen atoms in total. The van der Waals surface area contributed by atoms with Gasteiger partial charge in [-0.3, -0.25) is 0 Å². The lowest BCUT2D eigenvalue weighted by Gasteiger charge is -2.25. The van der Waals surface area contributed by atoms with Gasteiger partial charge in [0, 0.05) is 43.1 Å². The molecule has 3 aromatic carbocycles. The molecule has 0 unspecified atom stereocenters. The lowest BCUT2D eigenvalue weighted by Crippen LogP contribution is -2.32. The monoisotopic (exact) mass is 556 g/mol. The fourth-order valence-corrected chi connectivity index (χ4v) is 6.84. The summed E-state index contributed by atoms with van der Waals surface area (Å²) < 4.78 is 26.5. The van der Waals surface area contributed by atoms with E-state index < -0.39 is 10.0 Å². The van der Waals surface area contributed by atoms with Crippen LogP contribution in [0.1, 0.15) is 36.8 Å². The van der Waals surface area contributed by atoms with Crippen LogP contribution in [0.3, 0.4) is 0 Å². The van der Waals surface area contributed by atoms with Crippen LogP contribution in [0.4, 0.5) is 23.0 Å². The Hall–Kier alpha value is -3.53. The van der Waals surface area contributed by atoms with Gasteiger partial charge in [-0.05, 0) is 99.1 Å². The maximum atomic E-state index is 12.6. The molecule has 6 rings (SSSR count). The first-order chi connectivity index (χ1) is 19.4. The van der Waals surface area contributed by atoms with E-state index in [1.54, 1.807) is 18.2 Å². The summed E-state index contributed by atoms with van der Waals surface area (Å²) in [4.78, 5) is 12.3. The highest BCUT2D eigenvalue weighted by molar-refractivity contribution is 7.89. The molecule has 4 aromatic rings. The Labute approximate surface area is 236 Å². The molecule has 9 heteroatoms. The highest BCUT2D eigenvalue weighted by Crippen LogP contribution is 2.30. The van der Waals surface area contributed by atoms with Crippen molar-refractivity contribution in [3.05, 3.63) is 78.0 Å². The minimum absolute atomic E-state index is 0.231. The highest BCUT2D eigenvalue weighted by Gasteiger charge is 2.24. The van der Waals surface area contributed by atoms with Crippen molar-refractivity contribution in [2.24, 2.45) is 0 Å². The minimum Gasteiger partial charge on any atom is -0.354 e. The molecule has 0 amide bonds. The summed E-state index contributed by atoms with van der Waals surface area (Å²) in [5, 5.41) is 7.67. The number of nitrogens with one attached hydrogen (secondary N) is 2. The van der Waals surface area contributed by atoms with Gasteiger partial charge in [0.25, 0.3) is 0 Å². The normalized spacial score (nSPS) is 18.0. The van der Waals surface area contributed by atoms with Crippen molar-refractivity contribution in [3.8, 4) is 0 Å². The standard InChI is InChI=1S/C31H36N6O2S/c1-36(2)40(38,39)28-9-6-8-25(20-28)33-29-10-5-7-24-21-32-31(35-30(24)29)34-26-14-11-22-12-15-27(16-13-23(22)19-26)37-17-3-4-18-37/h5-11,14,19-21,27,33H,3-4,12-13,15-18H2,1-2H3,(H,32,34,35)/t27-/m0/s1. The fourth-order valence-electron chi connectivity index (χ4n) is 5.89. The van der Waals surface area contributed by atoms with Gasteiger partial charge < -0.3 is 15.5 Å². The zero-order valence-corrected chi connectivity index (χ0v) is 23.9. The van der Waals surface area contributed by atoms with Crippen LogP contribution in [-0.4, -0.2) is 60.8 Å². The number of likely N-dealkylation sites (tertiary alicyclic amines) is 1. The molecule has 2 heterocycles. The molecule has 0 saturated carbocycles. The topological polar surface area (TPSA) is 90.5 Å². The molecule has 2 N–H and O–H groups in total. The molecule has 1 saturated heterocycles. The van der Waals surface area contributed by atoms with Crippen LogP contribution < -0.4 is 10.6 Å². The number of fused-ring (bicyclic) bond motifs is 2. The number of aryl methyl sites for hydroxylation is 2. The van der Waals surface area contributed by atoms with Gasteiger partial charge in [0.1, 0.15) is 0 Å². The smallest absolute Gasteiger partial charge is 0.242 e. The molecule has 2 aliphatic rings. The van der Waals surface area contributed by atoms with Crippen LogP contribution in [0, 0.1) is 0 Å². The number of hydrogen-bond donors (Lipinski definition) is 2. The molecule has 0 bridgehead atoms. The van der Waals surface area contributed by atoms with E-state index in [1.807, 2.05) is 30.5 Å². The zero-order chi connectivity index (χ0) is 27.7. The third kappa shape index (κ3) is 5.54. The van der Waals surface area contributed by atoms with Gasteiger partial charge >= 0.3 is 0 Å². The summed E-state index contributed by atoms with van der Waals surface area (Å²) in [6, 6.07) is 20.0. The molecule has 0 spiro atoms. The SMILES string of the molecule is CN(C)S(=O)(=O)c1cccc(Nc2cccc3cnc(Nc4ccc5c(c4)CC[C@@H](N4CCCC4)CC5)nc23)c1. The second-order valence-corrected chi connectivity index (χ2v) is 13.1. The summed E-state index contributed by atoms with van der Waals surface area (Å²) >= 11 is 0. The highest BCUT2D eigenvalue weighted by atomic mass is 32.2. The Kier molecular flexibility index (Phi) is 7.44. The third-order valence-electron chi connectivity index (χ3n) is 8.12. The van der Waals surface area contributed by atoms with Crippen LogP contribution in [0.25, 0.3) is 10.9 Å². The van der Waals surface area contributed by atoms with Crippen LogP contribution in [0.5, 0.6) is 0 Å². The fraction of sp³-hybridized carbons (Fsp3) is 0.355. The predicted molar refractivity (Wildman–Crippen MR) is 161 cm³/mol. The first-order valence-corrected chi connectivity index (χ1v) is 15.5. The van der Waals surface area contributed by atoms with Crippen molar-refractivity contribution in [2.75, 3.05) is 37.8 Å². The van der Waals surface area contributed by atoms with Gasteiger partial charge in [-0.2, -0.15) is 0 Å². The van der Waals surface area contributed by atoms with Gasteiger partial charge in [-0.25, -0.2) is 22.7 Å². The molecule has 1 fully saturated rings. The summed E-state index contributed by atoms with van der Waals surface area (Å²) in [5.41, 5.74) is 6.06. The van der Waals surface area contributed by atoms with Crippen LogP contribution in [0.2, 0.25) is 0 Å². The van der Waals surface area contributed by atoms with Gasteiger partial charge in [0.15, 0.2) is 0 Å². The molecular formula is C31H36N6O2S. The molecule has 1 atom stereocenters. The van der Waals surface area contributed by atoms with E-state index in [9.17, 15) is 8.42 Å². The predicted octanol–water partition coefficient (Wildman–Crippen LogP) is 5.71. The first-order valence-electron chi connectivity index (χ1n) is 14.0. The van der Waals surface area contributed by atoms with Crippen molar-refractivity contribution < 1.29 is 8.42 Å². The average Bonchev–Trinajstić information content (AvgIpc) is 3.41. The number of hydrogen-bond acceptors (Lipinski definition) is 7. The third-order valence-corrected chi connectivity index (χ3v) is 9.93. The van der Waals surface area contributed by atoms with Crippen molar-refractivity contribution in [2.45, 2.75) is 49.5 Å². The Morgan fingerprint density at radius 2 is 1.62 bits per heavy atom. The second-order valence-electron chi connectivity index (χ2n) is 11.0. The lowest BCUT2D eigenvalue weighted by atomic mass is 10.0. The van der Waals surface area contributed by atoms with Crippen molar-refractivity contribution in [1.82, 2.24) is 19.2 Å². The van der Waals surface area contributed by atoms with Gasteiger partial charge in [0.2, 0.25) is 16.0 Å². The number of para-hydroxylation sites is 1. The molecule has 1 aromatic heterocycles. The van der Waals surface area contributed by atoms with E-state index >= 15 is 0 Å². The first kappa shape index (κ1) is 26.7. The Bertz CT molecular complexity index is 1630. The number of anilines is 4. The summed E-state index contributed by atoms with van der Waals surface area (Å²) in [6.45, 7) is 2.51. The molecule has 1 aliphatic carbocycles. The van der Waals surface area contributed by atoms with Crippen molar-refractivity contribution in [1.29, 1.82) is 0 Å². The average molecular weight is 557 g/mol. The largest absolute Gasteiger partial charge is 0.354 e. The van der Waals surface area contributed by atoms with E-state index in [2.05, 4.69) is 38.7 Å². The van der Waals surface area contributed by atoms with E-state index in [1.165, 1.54) is 68.3 Å². The Morgan fingerprint density at radius 1 is 0.875 bits per heavy atom. The van der Waals surface area contributed by atoms with Crippen molar-refractivity contribution >= 4 is 43.9 Å². The lowest BCUT2D eigenvalue weighted by molar-refractivity contribution is 0.222. The molecular weight excluding hydrogens is 520 g/mol. The summed E-state index contributed by atoms with van der Waals surface area (Å²) in [7, 11) is -0.479.